The predicted molar refractivity (Wildman–Crippen MR) is 101 cm³/mol. The van der Waals surface area contributed by atoms with E-state index >= 15 is 0 Å². The fourth-order valence-electron chi connectivity index (χ4n) is 4.58. The van der Waals surface area contributed by atoms with Crippen LogP contribution < -0.4 is 5.32 Å². The van der Waals surface area contributed by atoms with Crippen molar-refractivity contribution in [1.29, 1.82) is 0 Å². The second-order valence-corrected chi connectivity index (χ2v) is 8.14. The molecule has 2 bridgehead atoms. The number of alkyl carbamates (subject to hydrolysis) is 1. The van der Waals surface area contributed by atoms with Gasteiger partial charge in [0.1, 0.15) is 6.61 Å². The molecule has 2 heterocycles. The number of rotatable bonds is 4. The van der Waals surface area contributed by atoms with Gasteiger partial charge >= 0.3 is 6.09 Å². The summed E-state index contributed by atoms with van der Waals surface area (Å²) in [5, 5.41) is 2.80. The Labute approximate surface area is 156 Å². The maximum atomic E-state index is 12.0. The number of hydrogen-bond acceptors (Lipinski definition) is 4. The molecule has 5 nitrogen and oxygen atoms in total. The number of fused-ring (bicyclic) bond motifs is 2. The fourth-order valence-corrected chi connectivity index (χ4v) is 4.58. The maximum absolute atomic E-state index is 12.0. The monoisotopic (exact) mass is 358 g/mol. The summed E-state index contributed by atoms with van der Waals surface area (Å²) in [6, 6.07) is 4.10. The molecule has 1 aromatic heterocycles. The SMILES string of the molecule is CC1=C[C@H](C)[C@]2(COC(=O)NC(C)C)CO[C@H](c3cccnc3)[C@H]1[C@H]2C. The third-order valence-electron chi connectivity index (χ3n) is 6.14. The molecule has 0 spiro atoms. The highest BCUT2D eigenvalue weighted by molar-refractivity contribution is 5.67. The van der Waals surface area contributed by atoms with Gasteiger partial charge in [0.15, 0.2) is 0 Å². The van der Waals surface area contributed by atoms with Crippen LogP contribution >= 0.6 is 0 Å². The minimum absolute atomic E-state index is 0.0000607. The van der Waals surface area contributed by atoms with E-state index in [0.29, 0.717) is 19.1 Å². The molecule has 5 heteroatoms. The Bertz CT molecular complexity index is 673. The quantitative estimate of drug-likeness (QED) is 0.823. The third-order valence-corrected chi connectivity index (χ3v) is 6.14. The Morgan fingerprint density at radius 3 is 2.88 bits per heavy atom. The Morgan fingerprint density at radius 2 is 2.23 bits per heavy atom. The molecule has 1 aliphatic carbocycles. The summed E-state index contributed by atoms with van der Waals surface area (Å²) < 4.78 is 12.0. The minimum atomic E-state index is -0.356. The van der Waals surface area contributed by atoms with Crippen LogP contribution in [0.5, 0.6) is 0 Å². The first-order valence-corrected chi connectivity index (χ1v) is 9.48. The lowest BCUT2D eigenvalue weighted by atomic mass is 9.56. The summed E-state index contributed by atoms with van der Waals surface area (Å²) in [5.41, 5.74) is 2.26. The Balaban J connectivity index is 1.84. The Morgan fingerprint density at radius 1 is 1.46 bits per heavy atom. The normalized spacial score (nSPS) is 33.5. The number of nitrogens with zero attached hydrogens (tertiary/aromatic N) is 1. The zero-order valence-electron chi connectivity index (χ0n) is 16.4. The van der Waals surface area contributed by atoms with E-state index in [1.165, 1.54) is 5.57 Å². The molecule has 142 valence electrons. The van der Waals surface area contributed by atoms with Crippen LogP contribution in [-0.4, -0.2) is 30.3 Å². The molecule has 2 aliphatic rings. The highest BCUT2D eigenvalue weighted by Gasteiger charge is 2.54. The third kappa shape index (κ3) is 3.37. The smallest absolute Gasteiger partial charge is 0.407 e. The Kier molecular flexibility index (Phi) is 5.37. The number of amides is 1. The van der Waals surface area contributed by atoms with E-state index < -0.39 is 0 Å². The molecule has 1 saturated heterocycles. The first-order valence-electron chi connectivity index (χ1n) is 9.48. The van der Waals surface area contributed by atoms with Crippen molar-refractivity contribution in [3.8, 4) is 0 Å². The molecule has 0 radical (unpaired) electrons. The molecule has 1 fully saturated rings. The number of allylic oxidation sites excluding steroid dienone is 1. The second kappa shape index (κ2) is 7.39. The van der Waals surface area contributed by atoms with Crippen molar-refractivity contribution in [1.82, 2.24) is 10.3 Å². The van der Waals surface area contributed by atoms with Gasteiger partial charge < -0.3 is 14.8 Å². The van der Waals surface area contributed by atoms with E-state index in [9.17, 15) is 4.79 Å². The van der Waals surface area contributed by atoms with E-state index in [2.05, 4.69) is 43.2 Å². The molecule has 3 rings (SSSR count). The van der Waals surface area contributed by atoms with Gasteiger partial charge in [-0.2, -0.15) is 0 Å². The lowest BCUT2D eigenvalue weighted by Crippen LogP contribution is -2.55. The summed E-state index contributed by atoms with van der Waals surface area (Å²) >= 11 is 0. The molecule has 26 heavy (non-hydrogen) atoms. The molecule has 0 aromatic carbocycles. The average Bonchev–Trinajstić information content (AvgIpc) is 2.59. The molecule has 0 saturated carbocycles. The second-order valence-electron chi connectivity index (χ2n) is 8.14. The topological polar surface area (TPSA) is 60.5 Å². The molecule has 1 aromatic rings. The summed E-state index contributed by atoms with van der Waals surface area (Å²) in [5.74, 6) is 0.893. The van der Waals surface area contributed by atoms with Gasteiger partial charge in [0.2, 0.25) is 0 Å². The van der Waals surface area contributed by atoms with Crippen molar-refractivity contribution in [3.05, 3.63) is 41.7 Å². The number of hydrogen-bond donors (Lipinski definition) is 1. The summed E-state index contributed by atoms with van der Waals surface area (Å²) in [7, 11) is 0. The fraction of sp³-hybridized carbons (Fsp3) is 0.619. The summed E-state index contributed by atoms with van der Waals surface area (Å²) in [6.45, 7) is 11.5. The number of aromatic nitrogens is 1. The van der Waals surface area contributed by atoms with Crippen molar-refractivity contribution in [2.24, 2.45) is 23.2 Å². The Hall–Kier alpha value is -1.88. The van der Waals surface area contributed by atoms with Gasteiger partial charge in [-0.15, -0.1) is 0 Å². The zero-order valence-corrected chi connectivity index (χ0v) is 16.4. The van der Waals surface area contributed by atoms with Crippen molar-refractivity contribution in [2.45, 2.75) is 46.8 Å². The van der Waals surface area contributed by atoms with Crippen molar-refractivity contribution < 1.29 is 14.3 Å². The van der Waals surface area contributed by atoms with Gasteiger partial charge in [-0.1, -0.05) is 31.6 Å². The lowest BCUT2D eigenvalue weighted by Gasteiger charge is -2.55. The number of pyridine rings is 1. The average molecular weight is 358 g/mol. The van der Waals surface area contributed by atoms with Crippen LogP contribution in [0.15, 0.2) is 36.2 Å². The van der Waals surface area contributed by atoms with Gasteiger partial charge in [-0.05, 0) is 44.2 Å². The van der Waals surface area contributed by atoms with Crippen molar-refractivity contribution >= 4 is 6.09 Å². The molecule has 1 aliphatic heterocycles. The van der Waals surface area contributed by atoms with Crippen LogP contribution in [0.4, 0.5) is 4.79 Å². The van der Waals surface area contributed by atoms with Crippen LogP contribution in [0.25, 0.3) is 0 Å². The van der Waals surface area contributed by atoms with Crippen molar-refractivity contribution in [3.63, 3.8) is 0 Å². The van der Waals surface area contributed by atoms with E-state index in [0.717, 1.165) is 5.56 Å². The molecule has 1 amide bonds. The van der Waals surface area contributed by atoms with Crippen LogP contribution in [0.1, 0.15) is 46.3 Å². The van der Waals surface area contributed by atoms with E-state index in [-0.39, 0.29) is 35.5 Å². The maximum Gasteiger partial charge on any atom is 0.407 e. The van der Waals surface area contributed by atoms with Gasteiger partial charge in [0, 0.05) is 29.8 Å². The molecular weight excluding hydrogens is 328 g/mol. The van der Waals surface area contributed by atoms with Crippen LogP contribution in [0, 0.1) is 23.2 Å². The number of carbonyl (C=O) groups is 1. The zero-order chi connectivity index (χ0) is 18.9. The van der Waals surface area contributed by atoms with Gasteiger partial charge in [0.25, 0.3) is 0 Å². The highest BCUT2D eigenvalue weighted by Crippen LogP contribution is 2.56. The van der Waals surface area contributed by atoms with Crippen LogP contribution in [0.3, 0.4) is 0 Å². The van der Waals surface area contributed by atoms with Gasteiger partial charge in [-0.3, -0.25) is 4.98 Å². The van der Waals surface area contributed by atoms with E-state index in [1.807, 2.05) is 26.1 Å². The molecule has 1 N–H and O–H groups in total. The standard InChI is InChI=1S/C21H30N2O3/c1-13(2)23-20(24)26-12-21-11-25-19(17-7-6-8-22-10-17)18(16(21)5)14(3)9-15(21)4/h6-10,13,15-16,18-19H,11-12H2,1-5H3,(H,23,24)/t15-,16+,18+,19+,21+/m0/s1. The number of ether oxygens (including phenoxy) is 2. The minimum Gasteiger partial charge on any atom is -0.449 e. The van der Waals surface area contributed by atoms with Gasteiger partial charge in [0.05, 0.1) is 12.7 Å². The summed E-state index contributed by atoms with van der Waals surface area (Å²) in [6.07, 6.45) is 5.65. The largest absolute Gasteiger partial charge is 0.449 e. The lowest BCUT2D eigenvalue weighted by molar-refractivity contribution is -0.165. The van der Waals surface area contributed by atoms with Crippen molar-refractivity contribution in [2.75, 3.05) is 13.2 Å². The number of nitrogens with one attached hydrogen (secondary N) is 1. The van der Waals surface area contributed by atoms with Crippen LogP contribution in [-0.2, 0) is 9.47 Å². The summed E-state index contributed by atoms with van der Waals surface area (Å²) in [4.78, 5) is 16.3. The van der Waals surface area contributed by atoms with Gasteiger partial charge in [-0.25, -0.2) is 4.79 Å². The number of carbonyl (C=O) groups excluding carboxylic acids is 1. The van der Waals surface area contributed by atoms with E-state index in [1.54, 1.807) is 6.20 Å². The first-order chi connectivity index (χ1) is 12.3. The van der Waals surface area contributed by atoms with E-state index in [4.69, 9.17) is 9.47 Å². The molecule has 0 unspecified atom stereocenters. The molecule has 5 atom stereocenters. The molecular formula is C21H30N2O3. The highest BCUT2D eigenvalue weighted by atomic mass is 16.6. The predicted octanol–water partition coefficient (Wildman–Crippen LogP) is 4.12. The van der Waals surface area contributed by atoms with Crippen LogP contribution in [0.2, 0.25) is 0 Å². The first kappa shape index (κ1) is 18.9.